The van der Waals surface area contributed by atoms with Crippen molar-refractivity contribution in [3.8, 4) is 0 Å². The molecule has 1 aromatic rings. The molecule has 1 aliphatic heterocycles. The maximum Gasteiger partial charge on any atom is 0.330 e. The van der Waals surface area contributed by atoms with Crippen LogP contribution in [0.15, 0.2) is 15.8 Å². The topological polar surface area (TPSA) is 99.3 Å². The fraction of sp³-hybridized carbons (Fsp3) is 0.636. The number of rotatable bonds is 4. The van der Waals surface area contributed by atoms with Crippen molar-refractivity contribution in [1.29, 1.82) is 0 Å². The molecule has 0 aliphatic carbocycles. The van der Waals surface area contributed by atoms with Crippen LogP contribution in [0, 0.1) is 6.92 Å². The Hall–Kier alpha value is -1.01. The highest BCUT2D eigenvalue weighted by atomic mass is 31.1. The molecule has 1 aromatic heterocycles. The highest BCUT2D eigenvalue weighted by Crippen LogP contribution is 2.27. The predicted octanol–water partition coefficient (Wildman–Crippen LogP) is -0.300. The van der Waals surface area contributed by atoms with E-state index in [9.17, 15) is 9.59 Å². The normalized spacial score (nSPS) is 27.4. The summed E-state index contributed by atoms with van der Waals surface area (Å²) >= 11 is 0. The fourth-order valence-corrected chi connectivity index (χ4v) is 2.38. The van der Waals surface area contributed by atoms with E-state index in [0.717, 1.165) is 0 Å². The molecule has 1 fully saturated rings. The standard InChI is InChI=1S/C11H18N3O4P/c1-6-4-14(11(16)13-10(6)15)9-3-7(12)8(18-9)5-17-19-2/h4,7-9,19H,3,5,12H2,1-2H3,(H,13,15,16)/t7-,8-,9-/m1/s1. The number of aryl methyl sites for hydroxylation is 1. The molecule has 1 saturated heterocycles. The second kappa shape index (κ2) is 5.96. The Morgan fingerprint density at radius 1 is 1.63 bits per heavy atom. The van der Waals surface area contributed by atoms with Crippen molar-refractivity contribution in [2.75, 3.05) is 13.3 Å². The summed E-state index contributed by atoms with van der Waals surface area (Å²) in [7, 11) is 0.375. The quantitative estimate of drug-likeness (QED) is 0.741. The number of nitrogens with zero attached hydrogens (tertiary/aromatic N) is 1. The molecule has 2 rings (SSSR count). The Balaban J connectivity index is 2.18. The number of aromatic amines is 1. The number of hydrogen-bond donors (Lipinski definition) is 2. The summed E-state index contributed by atoms with van der Waals surface area (Å²) in [6, 6.07) is -0.180. The lowest BCUT2D eigenvalue weighted by Crippen LogP contribution is -2.33. The molecule has 0 aromatic carbocycles. The number of nitrogens with two attached hydrogens (primary N) is 1. The molecular weight excluding hydrogens is 269 g/mol. The van der Waals surface area contributed by atoms with Crippen LogP contribution in [0.25, 0.3) is 0 Å². The lowest BCUT2D eigenvalue weighted by molar-refractivity contribution is -0.0201. The molecule has 4 atom stereocenters. The van der Waals surface area contributed by atoms with Crippen LogP contribution in [0.2, 0.25) is 0 Å². The molecule has 1 unspecified atom stereocenters. The minimum absolute atomic E-state index is 0.180. The van der Waals surface area contributed by atoms with E-state index in [0.29, 0.717) is 27.4 Å². The zero-order valence-corrected chi connectivity index (χ0v) is 11.9. The summed E-state index contributed by atoms with van der Waals surface area (Å²) in [5.74, 6) is 0. The fourth-order valence-electron chi connectivity index (χ4n) is 2.05. The van der Waals surface area contributed by atoms with E-state index in [1.54, 1.807) is 6.92 Å². The van der Waals surface area contributed by atoms with E-state index in [4.69, 9.17) is 15.0 Å². The van der Waals surface area contributed by atoms with E-state index in [2.05, 4.69) is 4.98 Å². The number of hydrogen-bond acceptors (Lipinski definition) is 5. The van der Waals surface area contributed by atoms with Crippen molar-refractivity contribution in [3.63, 3.8) is 0 Å². The third-order valence-electron chi connectivity index (χ3n) is 3.13. The van der Waals surface area contributed by atoms with Crippen LogP contribution in [0.3, 0.4) is 0 Å². The van der Waals surface area contributed by atoms with E-state index < -0.39 is 11.9 Å². The second-order valence-electron chi connectivity index (χ2n) is 4.52. The smallest absolute Gasteiger partial charge is 0.330 e. The molecule has 0 bridgehead atoms. The maximum atomic E-state index is 11.8. The van der Waals surface area contributed by atoms with Gasteiger partial charge in [0, 0.05) is 33.0 Å². The summed E-state index contributed by atoms with van der Waals surface area (Å²) in [6.07, 6.45) is 1.35. The molecule has 0 spiro atoms. The van der Waals surface area contributed by atoms with E-state index in [1.165, 1.54) is 10.8 Å². The third-order valence-corrected chi connectivity index (χ3v) is 3.59. The number of ether oxygens (including phenoxy) is 1. The van der Waals surface area contributed by atoms with Gasteiger partial charge in [0.15, 0.2) is 0 Å². The van der Waals surface area contributed by atoms with Crippen LogP contribution >= 0.6 is 8.81 Å². The van der Waals surface area contributed by atoms with E-state index >= 15 is 0 Å². The van der Waals surface area contributed by atoms with Gasteiger partial charge in [0.25, 0.3) is 5.56 Å². The van der Waals surface area contributed by atoms with Crippen LogP contribution in [0.4, 0.5) is 0 Å². The van der Waals surface area contributed by atoms with Gasteiger partial charge in [-0.05, 0) is 13.6 Å². The number of aromatic nitrogens is 2. The molecular formula is C11H18N3O4P. The molecule has 106 valence electrons. The summed E-state index contributed by atoms with van der Waals surface area (Å²) < 4.78 is 12.4. The first kappa shape index (κ1) is 14.4. The van der Waals surface area contributed by atoms with E-state index in [-0.39, 0.29) is 17.7 Å². The minimum atomic E-state index is -0.480. The molecule has 0 radical (unpaired) electrons. The van der Waals surface area contributed by atoms with Gasteiger partial charge in [-0.15, -0.1) is 0 Å². The third kappa shape index (κ3) is 3.12. The van der Waals surface area contributed by atoms with Crippen LogP contribution in [0.5, 0.6) is 0 Å². The number of H-pyrrole nitrogens is 1. The van der Waals surface area contributed by atoms with Gasteiger partial charge in [-0.1, -0.05) is 0 Å². The summed E-state index contributed by atoms with van der Waals surface area (Å²) in [6.45, 7) is 3.99. The zero-order valence-electron chi connectivity index (χ0n) is 10.9. The van der Waals surface area contributed by atoms with E-state index in [1.807, 2.05) is 6.66 Å². The van der Waals surface area contributed by atoms with Gasteiger partial charge in [0.2, 0.25) is 0 Å². The lowest BCUT2D eigenvalue weighted by atomic mass is 10.1. The molecule has 1 aliphatic rings. The van der Waals surface area contributed by atoms with Crippen LogP contribution in [-0.4, -0.2) is 35.0 Å². The van der Waals surface area contributed by atoms with Crippen LogP contribution in [-0.2, 0) is 9.26 Å². The Morgan fingerprint density at radius 3 is 3.05 bits per heavy atom. The maximum absolute atomic E-state index is 11.8. The monoisotopic (exact) mass is 287 g/mol. The molecule has 2 heterocycles. The first-order valence-corrected chi connectivity index (χ1v) is 7.45. The largest absolute Gasteiger partial charge is 0.360 e. The van der Waals surface area contributed by atoms with Crippen LogP contribution < -0.4 is 17.0 Å². The Bertz CT molecular complexity index is 556. The highest BCUT2D eigenvalue weighted by Gasteiger charge is 2.34. The van der Waals surface area contributed by atoms with Crippen molar-refractivity contribution >= 4 is 8.81 Å². The van der Waals surface area contributed by atoms with Gasteiger partial charge in [0.05, 0.1) is 12.7 Å². The molecule has 0 amide bonds. The molecule has 19 heavy (non-hydrogen) atoms. The second-order valence-corrected chi connectivity index (χ2v) is 5.22. The zero-order chi connectivity index (χ0) is 14.0. The minimum Gasteiger partial charge on any atom is -0.360 e. The van der Waals surface area contributed by atoms with Gasteiger partial charge < -0.3 is 15.0 Å². The van der Waals surface area contributed by atoms with Crippen LogP contribution in [0.1, 0.15) is 18.2 Å². The first-order chi connectivity index (χ1) is 9.02. The molecule has 7 nitrogen and oxygen atoms in total. The Kier molecular flexibility index (Phi) is 4.52. The van der Waals surface area contributed by atoms with Crippen molar-refractivity contribution in [3.05, 3.63) is 32.6 Å². The van der Waals surface area contributed by atoms with Gasteiger partial charge in [0.1, 0.15) is 6.23 Å². The SMILES string of the molecule is CPOC[C@H]1O[C@@H](n2cc(C)c(=O)[nH]c2=O)C[C@H]1N. The lowest BCUT2D eigenvalue weighted by Gasteiger charge is -2.16. The molecule has 8 heteroatoms. The summed E-state index contributed by atoms with van der Waals surface area (Å²) in [5.41, 5.74) is 5.58. The predicted molar refractivity (Wildman–Crippen MR) is 72.8 cm³/mol. The average Bonchev–Trinajstić information content (AvgIpc) is 2.72. The molecule has 3 N–H and O–H groups in total. The van der Waals surface area contributed by atoms with Crippen molar-refractivity contribution in [1.82, 2.24) is 9.55 Å². The Morgan fingerprint density at radius 2 is 2.37 bits per heavy atom. The van der Waals surface area contributed by atoms with Crippen molar-refractivity contribution < 1.29 is 9.26 Å². The van der Waals surface area contributed by atoms with Gasteiger partial charge in [-0.2, -0.15) is 0 Å². The van der Waals surface area contributed by atoms with Gasteiger partial charge >= 0.3 is 5.69 Å². The van der Waals surface area contributed by atoms with Crippen molar-refractivity contribution in [2.24, 2.45) is 5.73 Å². The first-order valence-electron chi connectivity index (χ1n) is 6.04. The average molecular weight is 287 g/mol. The highest BCUT2D eigenvalue weighted by molar-refractivity contribution is 7.31. The van der Waals surface area contributed by atoms with Gasteiger partial charge in [-0.3, -0.25) is 14.3 Å². The molecule has 0 saturated carbocycles. The van der Waals surface area contributed by atoms with Gasteiger partial charge in [-0.25, -0.2) is 4.79 Å². The summed E-state index contributed by atoms with van der Waals surface area (Å²) in [4.78, 5) is 25.3. The summed E-state index contributed by atoms with van der Waals surface area (Å²) in [5, 5.41) is 0. The van der Waals surface area contributed by atoms with Crippen molar-refractivity contribution in [2.45, 2.75) is 31.7 Å². The number of nitrogens with one attached hydrogen (secondary N) is 1. The Labute approximate surface area is 112 Å².